The summed E-state index contributed by atoms with van der Waals surface area (Å²) >= 11 is 0. The summed E-state index contributed by atoms with van der Waals surface area (Å²) in [6.45, 7) is 7.10. The predicted octanol–water partition coefficient (Wildman–Crippen LogP) is 2.81. The summed E-state index contributed by atoms with van der Waals surface area (Å²) in [5.41, 5.74) is 0.679. The van der Waals surface area contributed by atoms with Gasteiger partial charge in [-0.05, 0) is 44.7 Å². The van der Waals surface area contributed by atoms with Crippen LogP contribution in [0.25, 0.3) is 0 Å². The van der Waals surface area contributed by atoms with Gasteiger partial charge in [-0.25, -0.2) is 0 Å². The molecule has 2 aliphatic heterocycles. The van der Waals surface area contributed by atoms with Crippen molar-refractivity contribution in [1.29, 1.82) is 0 Å². The molecular formula is C22H30N4O2. The van der Waals surface area contributed by atoms with E-state index in [0.717, 1.165) is 38.2 Å². The van der Waals surface area contributed by atoms with Crippen molar-refractivity contribution in [3.05, 3.63) is 48.3 Å². The zero-order chi connectivity index (χ0) is 19.7. The third kappa shape index (κ3) is 3.78. The van der Waals surface area contributed by atoms with Gasteiger partial charge in [0, 0.05) is 38.9 Å². The Kier molecular flexibility index (Phi) is 5.40. The first-order valence-electron chi connectivity index (χ1n) is 10.3. The molecule has 0 N–H and O–H groups in total. The minimum atomic E-state index is 0.0953. The number of rotatable bonds is 5. The fraction of sp³-hybridized carbons (Fsp3) is 0.545. The average Bonchev–Trinajstić information content (AvgIpc) is 3.12. The van der Waals surface area contributed by atoms with E-state index in [9.17, 15) is 4.79 Å². The minimum absolute atomic E-state index is 0.0953. The van der Waals surface area contributed by atoms with Crippen LogP contribution in [-0.4, -0.2) is 63.3 Å². The zero-order valence-electron chi connectivity index (χ0n) is 17.0. The van der Waals surface area contributed by atoms with E-state index in [1.165, 1.54) is 0 Å². The molecule has 4 rings (SSSR count). The van der Waals surface area contributed by atoms with Crippen LogP contribution in [-0.2, 0) is 7.05 Å². The van der Waals surface area contributed by atoms with Crippen molar-refractivity contribution in [2.75, 3.05) is 19.6 Å². The summed E-state index contributed by atoms with van der Waals surface area (Å²) < 4.78 is 7.99. The van der Waals surface area contributed by atoms with Crippen molar-refractivity contribution < 1.29 is 9.53 Å². The van der Waals surface area contributed by atoms with Crippen molar-refractivity contribution in [1.82, 2.24) is 19.6 Å². The van der Waals surface area contributed by atoms with Gasteiger partial charge < -0.3 is 9.64 Å². The number of amides is 1. The highest BCUT2D eigenvalue weighted by atomic mass is 16.5. The van der Waals surface area contributed by atoms with Crippen LogP contribution in [0.15, 0.2) is 42.7 Å². The number of hydrogen-bond acceptors (Lipinski definition) is 4. The number of benzene rings is 1. The van der Waals surface area contributed by atoms with E-state index in [4.69, 9.17) is 4.74 Å². The van der Waals surface area contributed by atoms with Gasteiger partial charge in [0.25, 0.3) is 5.91 Å². The molecule has 2 saturated heterocycles. The number of hydrogen-bond donors (Lipinski definition) is 0. The molecule has 6 heteroatoms. The Bertz CT molecular complexity index is 796. The van der Waals surface area contributed by atoms with E-state index in [-0.39, 0.29) is 12.0 Å². The largest absolute Gasteiger partial charge is 0.487 e. The van der Waals surface area contributed by atoms with Crippen LogP contribution in [0.1, 0.15) is 37.0 Å². The number of para-hydroxylation sites is 1. The highest BCUT2D eigenvalue weighted by molar-refractivity contribution is 5.93. The molecule has 0 bridgehead atoms. The monoisotopic (exact) mass is 382 g/mol. The molecule has 2 aromatic rings. The first-order chi connectivity index (χ1) is 13.5. The average molecular weight is 383 g/mol. The number of carbonyl (C=O) groups excluding carboxylic acids is 1. The lowest BCUT2D eigenvalue weighted by Gasteiger charge is -2.54. The van der Waals surface area contributed by atoms with Crippen molar-refractivity contribution in [3.8, 4) is 5.75 Å². The summed E-state index contributed by atoms with van der Waals surface area (Å²) in [5, 5.41) is 4.12. The maximum Gasteiger partial charge on any atom is 0.257 e. The molecule has 2 aliphatic rings. The molecule has 1 aromatic heterocycles. The van der Waals surface area contributed by atoms with Gasteiger partial charge >= 0.3 is 0 Å². The maximum atomic E-state index is 12.7. The summed E-state index contributed by atoms with van der Waals surface area (Å²) in [4.78, 5) is 17.2. The molecule has 1 amide bonds. The topological polar surface area (TPSA) is 50.6 Å². The van der Waals surface area contributed by atoms with Gasteiger partial charge in [-0.1, -0.05) is 18.2 Å². The van der Waals surface area contributed by atoms with E-state index in [2.05, 4.69) is 23.8 Å². The van der Waals surface area contributed by atoms with Crippen molar-refractivity contribution in [3.63, 3.8) is 0 Å². The van der Waals surface area contributed by atoms with Crippen molar-refractivity contribution in [2.24, 2.45) is 13.0 Å². The fourth-order valence-electron chi connectivity index (χ4n) is 4.58. The summed E-state index contributed by atoms with van der Waals surface area (Å²) in [7, 11) is 1.84. The Morgan fingerprint density at radius 3 is 2.50 bits per heavy atom. The molecule has 0 saturated carbocycles. The van der Waals surface area contributed by atoms with Crippen LogP contribution < -0.4 is 4.74 Å². The number of carbonyl (C=O) groups is 1. The van der Waals surface area contributed by atoms with Crippen molar-refractivity contribution in [2.45, 2.75) is 44.9 Å². The maximum absolute atomic E-state index is 12.7. The summed E-state index contributed by atoms with van der Waals surface area (Å²) in [6.07, 6.45) is 5.73. The number of ether oxygens (including phenoxy) is 1. The second kappa shape index (κ2) is 7.95. The van der Waals surface area contributed by atoms with Gasteiger partial charge in [0.05, 0.1) is 17.8 Å². The van der Waals surface area contributed by atoms with E-state index in [0.29, 0.717) is 23.6 Å². The second-order valence-corrected chi connectivity index (χ2v) is 8.28. The number of aromatic nitrogens is 2. The lowest BCUT2D eigenvalue weighted by molar-refractivity contribution is -0.0983. The van der Waals surface area contributed by atoms with Gasteiger partial charge in [-0.15, -0.1) is 0 Å². The highest BCUT2D eigenvalue weighted by Crippen LogP contribution is 2.36. The van der Waals surface area contributed by atoms with Crippen LogP contribution in [0.4, 0.5) is 0 Å². The van der Waals surface area contributed by atoms with Crippen molar-refractivity contribution >= 4 is 5.91 Å². The van der Waals surface area contributed by atoms with Crippen LogP contribution in [0.2, 0.25) is 0 Å². The van der Waals surface area contributed by atoms with E-state index < -0.39 is 0 Å². The Labute approximate surface area is 167 Å². The number of aryl methyl sites for hydroxylation is 1. The SMILES string of the molecule is CC(C)N1C[C@H](Oc2ccccc2)[C@@H]1C1CCN(C(=O)c2cnn(C)c2)CC1. The standard InChI is InChI=1S/C22H30N4O2/c1-16(2)26-15-20(28-19-7-5-4-6-8-19)21(26)17-9-11-25(12-10-17)22(27)18-13-23-24(3)14-18/h4-8,13-14,16-17,20-21H,9-12,15H2,1-3H3/t20-,21-/m0/s1. The van der Waals surface area contributed by atoms with Crippen LogP contribution in [0.3, 0.4) is 0 Å². The third-order valence-corrected chi connectivity index (χ3v) is 6.11. The minimum Gasteiger partial charge on any atom is -0.487 e. The number of nitrogens with zero attached hydrogens (tertiary/aromatic N) is 4. The van der Waals surface area contributed by atoms with Crippen LogP contribution in [0, 0.1) is 5.92 Å². The van der Waals surface area contributed by atoms with E-state index >= 15 is 0 Å². The first-order valence-corrected chi connectivity index (χ1v) is 10.3. The summed E-state index contributed by atoms with van der Waals surface area (Å²) in [6, 6.07) is 11.1. The molecule has 0 radical (unpaired) electrons. The molecule has 0 unspecified atom stereocenters. The quantitative estimate of drug-likeness (QED) is 0.798. The highest BCUT2D eigenvalue weighted by Gasteiger charge is 2.47. The van der Waals surface area contributed by atoms with E-state index in [1.807, 2.05) is 42.3 Å². The smallest absolute Gasteiger partial charge is 0.257 e. The molecule has 3 heterocycles. The van der Waals surface area contributed by atoms with Gasteiger partial charge in [-0.3, -0.25) is 14.4 Å². The Balaban J connectivity index is 1.39. The van der Waals surface area contributed by atoms with Gasteiger partial charge in [0.15, 0.2) is 0 Å². The lowest BCUT2D eigenvalue weighted by Crippen LogP contribution is -2.68. The predicted molar refractivity (Wildman–Crippen MR) is 108 cm³/mol. The molecule has 2 fully saturated rings. The summed E-state index contributed by atoms with van der Waals surface area (Å²) in [5.74, 6) is 1.60. The Morgan fingerprint density at radius 2 is 1.89 bits per heavy atom. The van der Waals surface area contributed by atoms with Crippen LogP contribution >= 0.6 is 0 Å². The molecule has 150 valence electrons. The fourth-order valence-corrected chi connectivity index (χ4v) is 4.58. The molecule has 1 aromatic carbocycles. The molecule has 6 nitrogen and oxygen atoms in total. The first kappa shape index (κ1) is 19.0. The molecule has 2 atom stereocenters. The number of piperidine rings is 1. The number of likely N-dealkylation sites (tertiary alicyclic amines) is 2. The van der Waals surface area contributed by atoms with Gasteiger partial charge in [-0.2, -0.15) is 5.10 Å². The van der Waals surface area contributed by atoms with Crippen LogP contribution in [0.5, 0.6) is 5.75 Å². The molecule has 0 spiro atoms. The normalized spacial score (nSPS) is 23.6. The lowest BCUT2D eigenvalue weighted by atomic mass is 9.79. The van der Waals surface area contributed by atoms with E-state index in [1.54, 1.807) is 17.1 Å². The Morgan fingerprint density at radius 1 is 1.18 bits per heavy atom. The third-order valence-electron chi connectivity index (χ3n) is 6.11. The van der Waals surface area contributed by atoms with Gasteiger partial charge in [0.2, 0.25) is 0 Å². The molecule has 28 heavy (non-hydrogen) atoms. The zero-order valence-corrected chi connectivity index (χ0v) is 17.0. The van der Waals surface area contributed by atoms with Gasteiger partial charge in [0.1, 0.15) is 11.9 Å². The Hall–Kier alpha value is -2.34. The second-order valence-electron chi connectivity index (χ2n) is 8.28. The molecule has 0 aliphatic carbocycles. The molecular weight excluding hydrogens is 352 g/mol.